The molecule has 0 aromatic carbocycles. The molecule has 0 bridgehead atoms. The maximum atomic E-state index is 12.4. The van der Waals surface area contributed by atoms with E-state index in [1.807, 2.05) is 0 Å². The number of aromatic amines is 1. The van der Waals surface area contributed by atoms with Crippen molar-refractivity contribution in [2.75, 3.05) is 0 Å². The summed E-state index contributed by atoms with van der Waals surface area (Å²) in [6.45, 7) is 5.40. The Morgan fingerprint density at radius 1 is 1.33 bits per heavy atom. The van der Waals surface area contributed by atoms with E-state index in [0.717, 1.165) is 6.20 Å². The Labute approximate surface area is 85.9 Å². The van der Waals surface area contributed by atoms with Crippen LogP contribution >= 0.6 is 0 Å². The van der Waals surface area contributed by atoms with E-state index in [1.54, 1.807) is 20.8 Å². The predicted octanol–water partition coefficient (Wildman–Crippen LogP) is 2.27. The molecule has 0 amide bonds. The smallest absolute Gasteiger partial charge is 0.316 e. The van der Waals surface area contributed by atoms with Crippen LogP contribution in [0, 0.1) is 0 Å². The number of nitrogens with two attached hydrogens (primary N) is 1. The van der Waals surface area contributed by atoms with Gasteiger partial charge in [0.2, 0.25) is 0 Å². The van der Waals surface area contributed by atoms with E-state index in [9.17, 15) is 13.2 Å². The molecular weight excluding hydrogens is 207 g/mol. The van der Waals surface area contributed by atoms with Crippen molar-refractivity contribution >= 4 is 0 Å². The van der Waals surface area contributed by atoms with E-state index >= 15 is 0 Å². The van der Waals surface area contributed by atoms with Gasteiger partial charge in [-0.05, 0) is 0 Å². The fraction of sp³-hybridized carbons (Fsp3) is 0.667. The molecule has 0 aliphatic carbocycles. The van der Waals surface area contributed by atoms with Gasteiger partial charge in [0.1, 0.15) is 6.04 Å². The molecule has 86 valence electrons. The summed E-state index contributed by atoms with van der Waals surface area (Å²) in [5.74, 6) is 0. The zero-order valence-electron chi connectivity index (χ0n) is 8.81. The van der Waals surface area contributed by atoms with Crippen LogP contribution in [0.4, 0.5) is 13.2 Å². The fourth-order valence-electron chi connectivity index (χ4n) is 1.31. The normalized spacial score (nSPS) is 15.4. The molecule has 0 radical (unpaired) electrons. The molecule has 1 atom stereocenters. The Bertz CT molecular complexity index is 335. The number of halogens is 3. The second kappa shape index (κ2) is 3.52. The third-order valence-electron chi connectivity index (χ3n) is 2.11. The monoisotopic (exact) mass is 221 g/mol. The molecule has 3 nitrogen and oxygen atoms in total. The first kappa shape index (κ1) is 12.0. The van der Waals surface area contributed by atoms with E-state index in [1.165, 1.54) is 0 Å². The minimum absolute atomic E-state index is 0.00926. The van der Waals surface area contributed by atoms with Gasteiger partial charge in [-0.3, -0.25) is 5.10 Å². The summed E-state index contributed by atoms with van der Waals surface area (Å²) in [4.78, 5) is 0. The van der Waals surface area contributed by atoms with E-state index in [-0.39, 0.29) is 5.56 Å². The van der Waals surface area contributed by atoms with Crippen LogP contribution in [0.3, 0.4) is 0 Å². The number of hydrogen-bond donors (Lipinski definition) is 2. The molecule has 15 heavy (non-hydrogen) atoms. The molecule has 1 unspecified atom stereocenters. The van der Waals surface area contributed by atoms with Gasteiger partial charge in [0.25, 0.3) is 0 Å². The van der Waals surface area contributed by atoms with Gasteiger partial charge in [-0.25, -0.2) is 0 Å². The molecule has 0 saturated carbocycles. The molecule has 0 aliphatic heterocycles. The average Bonchev–Trinajstić information content (AvgIpc) is 2.47. The standard InChI is InChI=1S/C9H14F3N3/c1-8(2,3)7-5(4-14-15-7)6(13)9(10,11)12/h4,6H,13H2,1-3H3,(H,14,15). The molecule has 1 aromatic heterocycles. The highest BCUT2D eigenvalue weighted by Crippen LogP contribution is 2.35. The molecular formula is C9H14F3N3. The zero-order chi connectivity index (χ0) is 11.9. The largest absolute Gasteiger partial charge is 0.407 e. The molecule has 1 rings (SSSR count). The summed E-state index contributed by atoms with van der Waals surface area (Å²) < 4.78 is 37.2. The first-order chi connectivity index (χ1) is 6.64. The summed E-state index contributed by atoms with van der Waals surface area (Å²) in [5.41, 5.74) is 5.13. The summed E-state index contributed by atoms with van der Waals surface area (Å²) in [6.07, 6.45) is -3.30. The average molecular weight is 221 g/mol. The van der Waals surface area contributed by atoms with Crippen LogP contribution in [-0.2, 0) is 5.41 Å². The van der Waals surface area contributed by atoms with Gasteiger partial charge in [-0.2, -0.15) is 18.3 Å². The van der Waals surface area contributed by atoms with Crippen LogP contribution in [0.1, 0.15) is 38.1 Å². The molecule has 1 heterocycles. The number of hydrogen-bond acceptors (Lipinski definition) is 2. The van der Waals surface area contributed by atoms with Crippen molar-refractivity contribution in [3.05, 3.63) is 17.5 Å². The lowest BCUT2D eigenvalue weighted by molar-refractivity contribution is -0.149. The Kier molecular flexibility index (Phi) is 2.82. The van der Waals surface area contributed by atoms with Gasteiger partial charge in [-0.1, -0.05) is 20.8 Å². The topological polar surface area (TPSA) is 54.7 Å². The van der Waals surface area contributed by atoms with Gasteiger partial charge in [-0.15, -0.1) is 0 Å². The number of nitrogens with one attached hydrogen (secondary N) is 1. The van der Waals surface area contributed by atoms with Crippen molar-refractivity contribution in [1.82, 2.24) is 10.2 Å². The highest BCUT2D eigenvalue weighted by atomic mass is 19.4. The summed E-state index contributed by atoms with van der Waals surface area (Å²) in [7, 11) is 0. The molecule has 0 aliphatic rings. The van der Waals surface area contributed by atoms with Crippen molar-refractivity contribution in [3.8, 4) is 0 Å². The minimum Gasteiger partial charge on any atom is -0.316 e. The van der Waals surface area contributed by atoms with Gasteiger partial charge in [0.15, 0.2) is 0 Å². The Morgan fingerprint density at radius 2 is 1.87 bits per heavy atom. The fourth-order valence-corrected chi connectivity index (χ4v) is 1.31. The van der Waals surface area contributed by atoms with Crippen molar-refractivity contribution in [2.45, 2.75) is 38.4 Å². The minimum atomic E-state index is -4.44. The number of rotatable bonds is 1. The van der Waals surface area contributed by atoms with Crippen molar-refractivity contribution in [1.29, 1.82) is 0 Å². The third kappa shape index (κ3) is 2.50. The first-order valence-electron chi connectivity index (χ1n) is 4.50. The Morgan fingerprint density at radius 3 is 2.27 bits per heavy atom. The first-order valence-corrected chi connectivity index (χ1v) is 4.50. The molecule has 0 fully saturated rings. The van der Waals surface area contributed by atoms with E-state index in [2.05, 4.69) is 10.2 Å². The highest BCUT2D eigenvalue weighted by Gasteiger charge is 2.41. The SMILES string of the molecule is CC(C)(C)c1[nH]ncc1C(N)C(F)(F)F. The molecule has 0 spiro atoms. The van der Waals surface area contributed by atoms with Crippen LogP contribution in [0.2, 0.25) is 0 Å². The highest BCUT2D eigenvalue weighted by molar-refractivity contribution is 5.27. The van der Waals surface area contributed by atoms with Crippen molar-refractivity contribution in [3.63, 3.8) is 0 Å². The van der Waals surface area contributed by atoms with Gasteiger partial charge >= 0.3 is 6.18 Å². The second-order valence-corrected chi connectivity index (χ2v) is 4.47. The maximum absolute atomic E-state index is 12.4. The van der Waals surface area contributed by atoms with Crippen molar-refractivity contribution in [2.24, 2.45) is 5.73 Å². The number of H-pyrrole nitrogens is 1. The van der Waals surface area contributed by atoms with E-state index in [0.29, 0.717) is 5.69 Å². The maximum Gasteiger partial charge on any atom is 0.407 e. The summed E-state index contributed by atoms with van der Waals surface area (Å²) in [5, 5.41) is 6.19. The molecule has 0 saturated heterocycles. The van der Waals surface area contributed by atoms with Crippen LogP contribution in [-0.4, -0.2) is 16.4 Å². The molecule has 6 heteroatoms. The summed E-state index contributed by atoms with van der Waals surface area (Å²) >= 11 is 0. The lowest BCUT2D eigenvalue weighted by Gasteiger charge is -2.22. The molecule has 3 N–H and O–H groups in total. The van der Waals surface area contributed by atoms with Gasteiger partial charge in [0.05, 0.1) is 6.20 Å². The Hall–Kier alpha value is -1.04. The van der Waals surface area contributed by atoms with Crippen molar-refractivity contribution < 1.29 is 13.2 Å². The lowest BCUT2D eigenvalue weighted by atomic mass is 9.87. The third-order valence-corrected chi connectivity index (χ3v) is 2.11. The Balaban J connectivity index is 3.12. The van der Waals surface area contributed by atoms with Crippen LogP contribution in [0.15, 0.2) is 6.20 Å². The van der Waals surface area contributed by atoms with E-state index < -0.39 is 17.6 Å². The summed E-state index contributed by atoms with van der Waals surface area (Å²) in [6, 6.07) is -1.98. The number of alkyl halides is 3. The van der Waals surface area contributed by atoms with Crippen LogP contribution in [0.5, 0.6) is 0 Å². The second-order valence-electron chi connectivity index (χ2n) is 4.47. The number of nitrogens with zero attached hydrogens (tertiary/aromatic N) is 1. The van der Waals surface area contributed by atoms with Gasteiger partial charge in [0, 0.05) is 16.7 Å². The quantitative estimate of drug-likeness (QED) is 0.764. The predicted molar refractivity (Wildman–Crippen MR) is 50.3 cm³/mol. The van der Waals surface area contributed by atoms with Gasteiger partial charge < -0.3 is 5.73 Å². The van der Waals surface area contributed by atoms with E-state index in [4.69, 9.17) is 5.73 Å². The number of aromatic nitrogens is 2. The van der Waals surface area contributed by atoms with Crippen LogP contribution in [0.25, 0.3) is 0 Å². The molecule has 1 aromatic rings. The lowest BCUT2D eigenvalue weighted by Crippen LogP contribution is -2.30. The zero-order valence-corrected chi connectivity index (χ0v) is 8.81. The van der Waals surface area contributed by atoms with Crippen LogP contribution < -0.4 is 5.73 Å².